The van der Waals surface area contributed by atoms with E-state index in [0.29, 0.717) is 22.3 Å². The van der Waals surface area contributed by atoms with Crippen molar-refractivity contribution < 1.29 is 18.3 Å². The Kier molecular flexibility index (Phi) is 4.34. The van der Waals surface area contributed by atoms with Gasteiger partial charge in [0.15, 0.2) is 11.2 Å². The predicted octanol–water partition coefficient (Wildman–Crippen LogP) is 3.47. The van der Waals surface area contributed by atoms with Crippen LogP contribution in [0.5, 0.6) is 11.6 Å². The van der Waals surface area contributed by atoms with Crippen LogP contribution in [0.3, 0.4) is 0 Å². The van der Waals surface area contributed by atoms with Crippen molar-refractivity contribution in [1.29, 1.82) is 0 Å². The van der Waals surface area contributed by atoms with Gasteiger partial charge in [0.1, 0.15) is 24.5 Å². The summed E-state index contributed by atoms with van der Waals surface area (Å²) in [4.78, 5) is 16.8. The number of nitrogens with two attached hydrogens (primary N) is 1. The van der Waals surface area contributed by atoms with Crippen LogP contribution in [0.2, 0.25) is 0 Å². The van der Waals surface area contributed by atoms with Gasteiger partial charge >= 0.3 is 0 Å². The Morgan fingerprint density at radius 1 is 1.12 bits per heavy atom. The van der Waals surface area contributed by atoms with Crippen LogP contribution in [-0.2, 0) is 10.3 Å². The van der Waals surface area contributed by atoms with Gasteiger partial charge in [0.25, 0.3) is 6.02 Å². The molecule has 9 heteroatoms. The van der Waals surface area contributed by atoms with Crippen LogP contribution >= 0.6 is 0 Å². The second kappa shape index (κ2) is 6.99. The van der Waals surface area contributed by atoms with Crippen LogP contribution in [0.4, 0.5) is 8.78 Å². The first-order chi connectivity index (χ1) is 15.2. The van der Waals surface area contributed by atoms with E-state index in [4.69, 9.17) is 15.2 Å². The number of hydrogen-bond donors (Lipinski definition) is 1. The number of amidine groups is 1. The summed E-state index contributed by atoms with van der Waals surface area (Å²) >= 11 is 0. The van der Waals surface area contributed by atoms with E-state index in [0.717, 1.165) is 0 Å². The zero-order valence-electron chi connectivity index (χ0n) is 17.2. The van der Waals surface area contributed by atoms with Gasteiger partial charge in [0.2, 0.25) is 5.88 Å². The normalized spacial score (nSPS) is 18.6. The molecule has 32 heavy (non-hydrogen) atoms. The molecule has 2 aliphatic heterocycles. The number of aliphatic imine (C=N–C) groups is 1. The Balaban J connectivity index is 1.72. The van der Waals surface area contributed by atoms with E-state index < -0.39 is 17.0 Å². The fourth-order valence-corrected chi connectivity index (χ4v) is 3.70. The van der Waals surface area contributed by atoms with Gasteiger partial charge in [-0.1, -0.05) is 11.8 Å². The fourth-order valence-electron chi connectivity index (χ4n) is 3.70. The van der Waals surface area contributed by atoms with Crippen molar-refractivity contribution in [2.45, 2.75) is 25.1 Å². The molecule has 0 saturated carbocycles. The molecule has 1 spiro atoms. The van der Waals surface area contributed by atoms with Crippen molar-refractivity contribution in [1.82, 2.24) is 15.0 Å². The number of halogens is 2. The predicted molar refractivity (Wildman–Crippen MR) is 112 cm³/mol. The van der Waals surface area contributed by atoms with Gasteiger partial charge in [-0.05, 0) is 26.0 Å². The smallest absolute Gasteiger partial charge is 0.283 e. The topological polar surface area (TPSA) is 95.5 Å². The molecule has 0 saturated heterocycles. The second-order valence-corrected chi connectivity index (χ2v) is 7.96. The molecule has 0 bridgehead atoms. The standard InChI is InChI=1S/C23H17F2N5O2/c1-22(2,25)4-3-13-5-17-20(29-8-13)32-19-7-18(24)15(14-9-27-12-28-10-14)6-16(19)23(17)11-31-21(26)30-23/h5-10,12H,11H2,1-2H3,(H2,26,30)/t23-/m0/s1. The average molecular weight is 433 g/mol. The van der Waals surface area contributed by atoms with E-state index in [-0.39, 0.29) is 29.8 Å². The lowest BCUT2D eigenvalue weighted by atomic mass is 9.81. The molecule has 1 aromatic carbocycles. The highest BCUT2D eigenvalue weighted by molar-refractivity contribution is 5.77. The first-order valence-corrected chi connectivity index (χ1v) is 9.73. The van der Waals surface area contributed by atoms with Crippen LogP contribution in [0, 0.1) is 17.7 Å². The molecule has 0 unspecified atom stereocenters. The van der Waals surface area contributed by atoms with Crippen LogP contribution in [0.25, 0.3) is 11.1 Å². The van der Waals surface area contributed by atoms with Gasteiger partial charge in [-0.15, -0.1) is 0 Å². The first-order valence-electron chi connectivity index (χ1n) is 9.73. The van der Waals surface area contributed by atoms with Gasteiger partial charge < -0.3 is 15.2 Å². The molecule has 160 valence electrons. The highest BCUT2D eigenvalue weighted by Gasteiger charge is 2.48. The highest BCUT2D eigenvalue weighted by atomic mass is 19.1. The van der Waals surface area contributed by atoms with Crippen LogP contribution < -0.4 is 10.5 Å². The maximum Gasteiger partial charge on any atom is 0.283 e. The Hall–Kier alpha value is -4.06. The summed E-state index contributed by atoms with van der Waals surface area (Å²) in [5.41, 5.74) is 5.42. The Labute approximate surface area is 182 Å². The van der Waals surface area contributed by atoms with Gasteiger partial charge in [-0.2, -0.15) is 0 Å². The number of rotatable bonds is 1. The number of aromatic nitrogens is 3. The summed E-state index contributed by atoms with van der Waals surface area (Å²) < 4.78 is 40.3. The van der Waals surface area contributed by atoms with Crippen molar-refractivity contribution in [2.24, 2.45) is 10.7 Å². The van der Waals surface area contributed by atoms with Crippen molar-refractivity contribution in [3.8, 4) is 34.6 Å². The Morgan fingerprint density at radius 3 is 2.59 bits per heavy atom. The minimum Gasteiger partial charge on any atom is -0.462 e. The molecule has 2 aliphatic rings. The number of fused-ring (bicyclic) bond motifs is 4. The summed E-state index contributed by atoms with van der Waals surface area (Å²) in [6, 6.07) is 4.59. The third-order valence-corrected chi connectivity index (χ3v) is 5.12. The van der Waals surface area contributed by atoms with Crippen molar-refractivity contribution in [3.05, 3.63) is 65.6 Å². The number of benzene rings is 1. The van der Waals surface area contributed by atoms with Gasteiger partial charge in [-0.3, -0.25) is 0 Å². The largest absolute Gasteiger partial charge is 0.462 e. The summed E-state index contributed by atoms with van der Waals surface area (Å²) in [6.07, 6.45) is 5.85. The van der Waals surface area contributed by atoms with Crippen molar-refractivity contribution in [2.75, 3.05) is 6.61 Å². The SMILES string of the molecule is CC(C)(F)C#Cc1cnc2c(c1)[C@]1(COC(N)=N1)c1cc(-c3cncnc3)c(F)cc1O2. The third kappa shape index (κ3) is 3.30. The molecular formula is C23H17F2N5O2. The Bertz CT molecular complexity index is 1330. The van der Waals surface area contributed by atoms with E-state index >= 15 is 0 Å². The summed E-state index contributed by atoms with van der Waals surface area (Å²) in [5, 5.41) is 0. The molecule has 2 N–H and O–H groups in total. The molecule has 0 fully saturated rings. The second-order valence-electron chi connectivity index (χ2n) is 7.96. The summed E-state index contributed by atoms with van der Waals surface area (Å²) in [6.45, 7) is 2.80. The third-order valence-electron chi connectivity index (χ3n) is 5.12. The molecule has 5 rings (SSSR count). The van der Waals surface area contributed by atoms with Gasteiger partial charge in [0.05, 0.1) is 5.56 Å². The lowest BCUT2D eigenvalue weighted by Crippen LogP contribution is -2.31. The molecule has 0 aliphatic carbocycles. The molecular weight excluding hydrogens is 416 g/mol. The molecule has 2 aromatic heterocycles. The Morgan fingerprint density at radius 2 is 1.91 bits per heavy atom. The fraction of sp³-hybridized carbons (Fsp3) is 0.217. The lowest BCUT2D eigenvalue weighted by molar-refractivity contribution is 0.262. The summed E-state index contributed by atoms with van der Waals surface area (Å²) in [7, 11) is 0. The number of alkyl halides is 1. The first kappa shape index (κ1) is 19.9. The van der Waals surface area contributed by atoms with Gasteiger partial charge in [-0.25, -0.2) is 28.7 Å². The lowest BCUT2D eigenvalue weighted by Gasteiger charge is -2.33. The van der Waals surface area contributed by atoms with Crippen LogP contribution in [0.15, 0.2) is 48.1 Å². The van der Waals surface area contributed by atoms with E-state index in [1.807, 2.05) is 0 Å². The maximum absolute atomic E-state index is 15.0. The molecule has 4 heterocycles. The number of nitrogens with zero attached hydrogens (tertiary/aromatic N) is 4. The molecule has 1 atom stereocenters. The zero-order chi connectivity index (χ0) is 22.5. The molecule has 0 amide bonds. The summed E-state index contributed by atoms with van der Waals surface area (Å²) in [5.74, 6) is 5.27. The number of pyridine rings is 1. The zero-order valence-corrected chi connectivity index (χ0v) is 17.2. The minimum absolute atomic E-state index is 0.0147. The quantitative estimate of drug-likeness (QED) is 0.591. The molecule has 7 nitrogen and oxygen atoms in total. The molecule has 3 aromatic rings. The maximum atomic E-state index is 15.0. The van der Waals surface area contributed by atoms with E-state index in [1.54, 1.807) is 12.1 Å². The van der Waals surface area contributed by atoms with Crippen molar-refractivity contribution >= 4 is 6.02 Å². The molecule has 0 radical (unpaired) electrons. The van der Waals surface area contributed by atoms with Crippen molar-refractivity contribution in [3.63, 3.8) is 0 Å². The highest BCUT2D eigenvalue weighted by Crippen LogP contribution is 2.51. The minimum atomic E-state index is -1.67. The van der Waals surface area contributed by atoms with Crippen LogP contribution in [-0.4, -0.2) is 33.2 Å². The van der Waals surface area contributed by atoms with Crippen LogP contribution in [0.1, 0.15) is 30.5 Å². The average Bonchev–Trinajstić information content (AvgIpc) is 3.14. The van der Waals surface area contributed by atoms with Gasteiger partial charge in [0, 0.05) is 46.9 Å². The van der Waals surface area contributed by atoms with E-state index in [9.17, 15) is 8.78 Å². The van der Waals surface area contributed by atoms with E-state index in [1.165, 1.54) is 44.8 Å². The van der Waals surface area contributed by atoms with E-state index in [2.05, 4.69) is 31.8 Å². The number of ether oxygens (including phenoxy) is 2. The number of hydrogen-bond acceptors (Lipinski definition) is 7. The monoisotopic (exact) mass is 433 g/mol.